The van der Waals surface area contributed by atoms with Crippen LogP contribution in [0, 0.1) is 0 Å². The molecule has 4 nitrogen and oxygen atoms in total. The van der Waals surface area contributed by atoms with E-state index in [1.165, 1.54) is 17.0 Å². The van der Waals surface area contributed by atoms with Crippen LogP contribution in [0.15, 0.2) is 83.8 Å². The van der Waals surface area contributed by atoms with Crippen LogP contribution in [0.25, 0.3) is 0 Å². The number of hydrogen-bond donors (Lipinski definition) is 1. The van der Waals surface area contributed by atoms with Gasteiger partial charge in [-0.3, -0.25) is 4.79 Å². The van der Waals surface area contributed by atoms with Crippen molar-refractivity contribution in [1.29, 1.82) is 0 Å². The van der Waals surface area contributed by atoms with Crippen LogP contribution in [0.3, 0.4) is 0 Å². The molecule has 0 aliphatic heterocycles. The van der Waals surface area contributed by atoms with Crippen LogP contribution >= 0.6 is 11.8 Å². The average molecular weight is 433 g/mol. The van der Waals surface area contributed by atoms with Gasteiger partial charge in [-0.05, 0) is 60.7 Å². The van der Waals surface area contributed by atoms with Gasteiger partial charge in [0.05, 0.1) is 6.61 Å². The maximum atomic E-state index is 12.3. The zero-order chi connectivity index (χ0) is 21.4. The van der Waals surface area contributed by atoms with Gasteiger partial charge in [0.2, 0.25) is 0 Å². The lowest BCUT2D eigenvalue weighted by molar-refractivity contribution is -0.274. The number of halogens is 3. The molecule has 8 heteroatoms. The molecule has 3 aromatic rings. The molecule has 0 fully saturated rings. The van der Waals surface area contributed by atoms with Gasteiger partial charge < -0.3 is 14.8 Å². The number of amides is 1. The van der Waals surface area contributed by atoms with Gasteiger partial charge in [-0.25, -0.2) is 0 Å². The molecule has 0 saturated heterocycles. The molecule has 0 atom stereocenters. The third-order valence-electron chi connectivity index (χ3n) is 3.83. The summed E-state index contributed by atoms with van der Waals surface area (Å²) in [6.45, 7) is 0.525. The Morgan fingerprint density at radius 1 is 0.867 bits per heavy atom. The number of hydrogen-bond acceptors (Lipinski definition) is 4. The Morgan fingerprint density at radius 3 is 2.13 bits per heavy atom. The molecule has 0 unspecified atom stereocenters. The largest absolute Gasteiger partial charge is 0.573 e. The monoisotopic (exact) mass is 433 g/mol. The average Bonchev–Trinajstić information content (AvgIpc) is 2.73. The van der Waals surface area contributed by atoms with Gasteiger partial charge in [0.1, 0.15) is 11.5 Å². The minimum atomic E-state index is -4.76. The number of alkyl halides is 3. The molecule has 0 bridgehead atoms. The van der Waals surface area contributed by atoms with Crippen molar-refractivity contribution in [2.45, 2.75) is 11.3 Å². The van der Waals surface area contributed by atoms with Crippen LogP contribution in [-0.2, 0) is 0 Å². The first-order valence-corrected chi connectivity index (χ1v) is 9.95. The molecule has 0 aromatic heterocycles. The number of ether oxygens (including phenoxy) is 2. The molecule has 0 spiro atoms. The third-order valence-corrected chi connectivity index (χ3v) is 4.80. The molecule has 1 amide bonds. The number of nitrogens with one attached hydrogen (secondary N) is 1. The maximum Gasteiger partial charge on any atom is 0.573 e. The van der Waals surface area contributed by atoms with E-state index in [4.69, 9.17) is 4.74 Å². The van der Waals surface area contributed by atoms with Gasteiger partial charge in [0, 0.05) is 21.9 Å². The lowest BCUT2D eigenvalue weighted by atomic mass is 10.2. The predicted molar refractivity (Wildman–Crippen MR) is 110 cm³/mol. The predicted octanol–water partition coefficient (Wildman–Crippen LogP) is 6.01. The van der Waals surface area contributed by atoms with Gasteiger partial charge in [-0.15, -0.1) is 24.9 Å². The van der Waals surface area contributed by atoms with Gasteiger partial charge in [-0.2, -0.15) is 0 Å². The van der Waals surface area contributed by atoms with E-state index >= 15 is 0 Å². The number of rotatable bonds is 8. The van der Waals surface area contributed by atoms with Crippen molar-refractivity contribution in [2.75, 3.05) is 17.7 Å². The molecule has 0 heterocycles. The molecule has 3 rings (SSSR count). The van der Waals surface area contributed by atoms with E-state index in [-0.39, 0.29) is 11.7 Å². The van der Waals surface area contributed by atoms with Crippen LogP contribution in [0.1, 0.15) is 10.4 Å². The first kappa shape index (κ1) is 21.6. The van der Waals surface area contributed by atoms with Gasteiger partial charge in [0.15, 0.2) is 0 Å². The highest BCUT2D eigenvalue weighted by atomic mass is 32.2. The summed E-state index contributed by atoms with van der Waals surface area (Å²) in [6, 6.07) is 21.6. The topological polar surface area (TPSA) is 47.6 Å². The summed E-state index contributed by atoms with van der Waals surface area (Å²) < 4.78 is 46.0. The Bertz CT molecular complexity index is 946. The van der Waals surface area contributed by atoms with E-state index in [0.29, 0.717) is 23.6 Å². The van der Waals surface area contributed by atoms with Crippen molar-refractivity contribution in [2.24, 2.45) is 0 Å². The van der Waals surface area contributed by atoms with E-state index in [1.807, 2.05) is 30.3 Å². The van der Waals surface area contributed by atoms with E-state index in [2.05, 4.69) is 10.1 Å². The molecular weight excluding hydrogens is 415 g/mol. The molecule has 30 heavy (non-hydrogen) atoms. The van der Waals surface area contributed by atoms with Crippen LogP contribution in [-0.4, -0.2) is 24.6 Å². The highest BCUT2D eigenvalue weighted by Gasteiger charge is 2.30. The highest BCUT2D eigenvalue weighted by molar-refractivity contribution is 7.99. The highest BCUT2D eigenvalue weighted by Crippen LogP contribution is 2.24. The number of anilines is 1. The Hall–Kier alpha value is -3.13. The summed E-state index contributed by atoms with van der Waals surface area (Å²) in [5, 5.41) is 2.62. The summed E-state index contributed by atoms with van der Waals surface area (Å²) in [4.78, 5) is 13.5. The Labute approximate surface area is 176 Å². The van der Waals surface area contributed by atoms with E-state index in [0.717, 1.165) is 17.9 Å². The lowest BCUT2D eigenvalue weighted by Gasteiger charge is -2.10. The summed E-state index contributed by atoms with van der Waals surface area (Å²) in [5.74, 6) is 0.701. The number of benzene rings is 3. The zero-order valence-electron chi connectivity index (χ0n) is 15.7. The molecule has 0 aliphatic rings. The van der Waals surface area contributed by atoms with Crippen molar-refractivity contribution >= 4 is 23.4 Å². The second kappa shape index (κ2) is 10.1. The smallest absolute Gasteiger partial charge is 0.493 e. The molecule has 3 aromatic carbocycles. The lowest BCUT2D eigenvalue weighted by Crippen LogP contribution is -2.17. The fourth-order valence-corrected chi connectivity index (χ4v) is 3.23. The van der Waals surface area contributed by atoms with Crippen molar-refractivity contribution in [3.8, 4) is 11.5 Å². The van der Waals surface area contributed by atoms with Crippen molar-refractivity contribution < 1.29 is 27.4 Å². The Balaban J connectivity index is 1.46. The van der Waals surface area contributed by atoms with Crippen molar-refractivity contribution in [1.82, 2.24) is 0 Å². The van der Waals surface area contributed by atoms with Crippen LogP contribution in [0.5, 0.6) is 11.5 Å². The van der Waals surface area contributed by atoms with Crippen molar-refractivity contribution in [3.63, 3.8) is 0 Å². The van der Waals surface area contributed by atoms with Gasteiger partial charge >= 0.3 is 6.36 Å². The third kappa shape index (κ3) is 7.04. The van der Waals surface area contributed by atoms with Crippen LogP contribution < -0.4 is 14.8 Å². The summed E-state index contributed by atoms with van der Waals surface area (Å²) in [7, 11) is 0. The second-order valence-corrected chi connectivity index (χ2v) is 7.23. The normalized spacial score (nSPS) is 11.0. The van der Waals surface area contributed by atoms with Gasteiger partial charge in [0.25, 0.3) is 5.91 Å². The first-order valence-electron chi connectivity index (χ1n) is 8.97. The standard InChI is InChI=1S/C22H18F3NO3S/c23-22(24,25)29-19-12-8-17(9-13-19)26-21(27)16-6-10-18(11-7-16)28-14-15-30-20-4-2-1-3-5-20/h1-13H,14-15H2,(H,26,27). The molecule has 0 aliphatic carbocycles. The van der Waals surface area contributed by atoms with Crippen LogP contribution in [0.2, 0.25) is 0 Å². The van der Waals surface area contributed by atoms with E-state index in [1.54, 1.807) is 36.0 Å². The first-order chi connectivity index (χ1) is 14.4. The fourth-order valence-electron chi connectivity index (χ4n) is 2.48. The summed E-state index contributed by atoms with van der Waals surface area (Å²) in [5.41, 5.74) is 0.754. The second-order valence-electron chi connectivity index (χ2n) is 6.06. The summed E-state index contributed by atoms with van der Waals surface area (Å²) >= 11 is 1.69. The van der Waals surface area contributed by atoms with Crippen LogP contribution in [0.4, 0.5) is 18.9 Å². The molecular formula is C22H18F3NO3S. The summed E-state index contributed by atoms with van der Waals surface area (Å²) in [6.07, 6.45) is -4.76. The molecule has 1 N–H and O–H groups in total. The maximum absolute atomic E-state index is 12.3. The molecule has 156 valence electrons. The fraction of sp³-hybridized carbons (Fsp3) is 0.136. The zero-order valence-corrected chi connectivity index (χ0v) is 16.5. The van der Waals surface area contributed by atoms with Crippen molar-refractivity contribution in [3.05, 3.63) is 84.4 Å². The minimum Gasteiger partial charge on any atom is -0.493 e. The van der Waals surface area contributed by atoms with E-state index < -0.39 is 6.36 Å². The molecule has 0 saturated carbocycles. The number of thioether (sulfide) groups is 1. The van der Waals surface area contributed by atoms with E-state index in [9.17, 15) is 18.0 Å². The minimum absolute atomic E-state index is 0.354. The molecule has 0 radical (unpaired) electrons. The Morgan fingerprint density at radius 2 is 1.50 bits per heavy atom. The number of carbonyl (C=O) groups is 1. The number of carbonyl (C=O) groups excluding carboxylic acids is 1. The van der Waals surface area contributed by atoms with Gasteiger partial charge in [-0.1, -0.05) is 18.2 Å². The SMILES string of the molecule is O=C(Nc1ccc(OC(F)(F)F)cc1)c1ccc(OCCSc2ccccc2)cc1. The quantitative estimate of drug-likeness (QED) is 0.349. The Kier molecular flexibility index (Phi) is 7.24.